The zero-order chi connectivity index (χ0) is 19.2. The topological polar surface area (TPSA) is 65.2 Å². The van der Waals surface area contributed by atoms with Crippen molar-refractivity contribution >= 4 is 11.8 Å². The van der Waals surface area contributed by atoms with E-state index in [1.54, 1.807) is 18.5 Å². The third-order valence-corrected chi connectivity index (χ3v) is 4.90. The minimum absolute atomic E-state index is 0.0173. The van der Waals surface area contributed by atoms with Crippen molar-refractivity contribution in [2.75, 3.05) is 13.1 Å². The van der Waals surface area contributed by atoms with Crippen LogP contribution in [0.4, 0.5) is 8.78 Å². The summed E-state index contributed by atoms with van der Waals surface area (Å²) in [6.45, 7) is 1.56. The van der Waals surface area contributed by atoms with Crippen molar-refractivity contribution in [3.05, 3.63) is 59.4 Å². The van der Waals surface area contributed by atoms with Gasteiger partial charge in [-0.1, -0.05) is 6.07 Å². The zero-order valence-corrected chi connectivity index (χ0v) is 15.0. The van der Waals surface area contributed by atoms with Gasteiger partial charge in [-0.05, 0) is 48.9 Å². The normalized spacial score (nSPS) is 17.0. The number of benzene rings is 1. The summed E-state index contributed by atoms with van der Waals surface area (Å²) in [6.07, 6.45) is 6.38. The Labute approximate surface area is 156 Å². The number of rotatable bonds is 6. The van der Waals surface area contributed by atoms with E-state index in [0.717, 1.165) is 31.5 Å². The lowest BCUT2D eigenvalue weighted by Gasteiger charge is -2.32. The second-order valence-corrected chi connectivity index (χ2v) is 6.92. The largest absolute Gasteiger partial charge is 0.367 e. The zero-order valence-electron chi connectivity index (χ0n) is 15.0. The molecule has 1 fully saturated rings. The van der Waals surface area contributed by atoms with E-state index in [1.807, 2.05) is 4.90 Å². The molecule has 0 saturated carbocycles. The first kappa shape index (κ1) is 19.1. The quantitative estimate of drug-likeness (QED) is 0.814. The number of hydrogen-bond donors (Lipinski definition) is 2. The molecular weight excluding hydrogens is 352 g/mol. The highest BCUT2D eigenvalue weighted by Gasteiger charge is 2.25. The predicted molar refractivity (Wildman–Crippen MR) is 96.9 cm³/mol. The fourth-order valence-electron chi connectivity index (χ4n) is 3.40. The molecular formula is C20H23F2N3O2. The number of hydrogen-bond acceptors (Lipinski definition) is 2. The van der Waals surface area contributed by atoms with Crippen LogP contribution < -0.4 is 5.32 Å². The molecule has 144 valence electrons. The van der Waals surface area contributed by atoms with Gasteiger partial charge in [0.25, 0.3) is 5.91 Å². The molecule has 2 amide bonds. The summed E-state index contributed by atoms with van der Waals surface area (Å²) in [4.78, 5) is 29.2. The number of halogens is 2. The van der Waals surface area contributed by atoms with Gasteiger partial charge in [0.05, 0.1) is 5.56 Å². The molecule has 5 nitrogen and oxygen atoms in total. The minimum atomic E-state index is -0.920. The van der Waals surface area contributed by atoms with Gasteiger partial charge in [-0.25, -0.2) is 8.78 Å². The number of aromatic amines is 1. The Balaban J connectivity index is 1.43. The highest BCUT2D eigenvalue weighted by Crippen LogP contribution is 2.22. The van der Waals surface area contributed by atoms with Crippen molar-refractivity contribution in [1.82, 2.24) is 15.2 Å². The number of nitrogens with one attached hydrogen (secondary N) is 2. The Hall–Kier alpha value is -2.70. The van der Waals surface area contributed by atoms with Crippen molar-refractivity contribution in [2.45, 2.75) is 32.2 Å². The monoisotopic (exact) mass is 375 g/mol. The molecule has 0 spiro atoms. The summed E-state index contributed by atoms with van der Waals surface area (Å²) >= 11 is 0. The Morgan fingerprint density at radius 3 is 2.81 bits per heavy atom. The lowest BCUT2D eigenvalue weighted by molar-refractivity contribution is -0.121. The number of carbonyl (C=O) groups is 2. The minimum Gasteiger partial charge on any atom is -0.367 e. The Morgan fingerprint density at radius 2 is 2.07 bits per heavy atom. The molecule has 1 atom stereocenters. The van der Waals surface area contributed by atoms with Gasteiger partial charge in [-0.3, -0.25) is 9.59 Å². The average Bonchev–Trinajstić information content (AvgIpc) is 3.21. The molecule has 0 bridgehead atoms. The van der Waals surface area contributed by atoms with Gasteiger partial charge in [0.15, 0.2) is 11.6 Å². The van der Waals surface area contributed by atoms with Crippen molar-refractivity contribution in [3.63, 3.8) is 0 Å². The van der Waals surface area contributed by atoms with Gasteiger partial charge in [-0.2, -0.15) is 0 Å². The highest BCUT2D eigenvalue weighted by molar-refractivity contribution is 5.94. The molecule has 1 saturated heterocycles. The van der Waals surface area contributed by atoms with Gasteiger partial charge in [-0.15, -0.1) is 0 Å². The van der Waals surface area contributed by atoms with Crippen LogP contribution in [0.15, 0.2) is 36.7 Å². The lowest BCUT2D eigenvalue weighted by atomic mass is 9.93. The van der Waals surface area contributed by atoms with Crippen LogP contribution in [0.1, 0.15) is 41.6 Å². The van der Waals surface area contributed by atoms with E-state index in [2.05, 4.69) is 10.3 Å². The van der Waals surface area contributed by atoms with E-state index < -0.39 is 11.6 Å². The molecule has 3 rings (SSSR count). The maximum absolute atomic E-state index is 13.2. The molecule has 2 heterocycles. The van der Waals surface area contributed by atoms with Crippen molar-refractivity contribution in [1.29, 1.82) is 0 Å². The molecule has 1 unspecified atom stereocenters. The summed E-state index contributed by atoms with van der Waals surface area (Å²) < 4.78 is 26.1. The summed E-state index contributed by atoms with van der Waals surface area (Å²) in [6, 6.07) is 5.35. The van der Waals surface area contributed by atoms with E-state index in [1.165, 1.54) is 6.07 Å². The fourth-order valence-corrected chi connectivity index (χ4v) is 3.40. The maximum atomic E-state index is 13.2. The second-order valence-electron chi connectivity index (χ2n) is 6.92. The number of carbonyl (C=O) groups excluding carboxylic acids is 2. The van der Waals surface area contributed by atoms with Crippen molar-refractivity contribution < 1.29 is 18.4 Å². The third kappa shape index (κ3) is 5.15. The van der Waals surface area contributed by atoms with E-state index in [9.17, 15) is 18.4 Å². The van der Waals surface area contributed by atoms with Crippen LogP contribution in [0, 0.1) is 17.6 Å². The Kier molecular flexibility index (Phi) is 6.21. The molecule has 1 aliphatic rings. The number of aromatic nitrogens is 1. The molecule has 1 aromatic heterocycles. The first-order valence-electron chi connectivity index (χ1n) is 9.15. The Bertz CT molecular complexity index is 793. The molecule has 7 heteroatoms. The van der Waals surface area contributed by atoms with Crippen LogP contribution in [0.2, 0.25) is 0 Å². The van der Waals surface area contributed by atoms with Crippen molar-refractivity contribution in [3.8, 4) is 0 Å². The first-order valence-corrected chi connectivity index (χ1v) is 9.15. The van der Waals surface area contributed by atoms with Gasteiger partial charge in [0.2, 0.25) is 5.91 Å². The molecule has 2 N–H and O–H groups in total. The van der Waals surface area contributed by atoms with Crippen LogP contribution in [-0.2, 0) is 11.3 Å². The van der Waals surface area contributed by atoms with Crippen molar-refractivity contribution in [2.24, 2.45) is 5.92 Å². The first-order chi connectivity index (χ1) is 13.0. The van der Waals surface area contributed by atoms with Crippen LogP contribution in [-0.4, -0.2) is 34.8 Å². The smallest absolute Gasteiger partial charge is 0.255 e. The van der Waals surface area contributed by atoms with E-state index in [4.69, 9.17) is 0 Å². The van der Waals surface area contributed by atoms with E-state index in [-0.39, 0.29) is 24.3 Å². The molecule has 1 aliphatic heterocycles. The molecule has 0 radical (unpaired) electrons. The summed E-state index contributed by atoms with van der Waals surface area (Å²) in [5.41, 5.74) is 1.17. The van der Waals surface area contributed by atoms with E-state index in [0.29, 0.717) is 30.5 Å². The van der Waals surface area contributed by atoms with Crippen LogP contribution in [0.25, 0.3) is 0 Å². The average molecular weight is 375 g/mol. The summed E-state index contributed by atoms with van der Waals surface area (Å²) in [5, 5.41) is 2.73. The summed E-state index contributed by atoms with van der Waals surface area (Å²) in [7, 11) is 0. The standard InChI is InChI=1S/C20H23F2N3O2/c21-17-5-3-15(10-18(17)22)11-24-19(26)6-4-14-2-1-9-25(13-14)20(27)16-7-8-23-12-16/h3,5,7-8,10,12,14,23H,1-2,4,6,9,11,13H2,(H,24,26). The van der Waals surface area contributed by atoms with Gasteiger partial charge in [0.1, 0.15) is 0 Å². The second kappa shape index (κ2) is 8.79. The van der Waals surface area contributed by atoms with Crippen LogP contribution >= 0.6 is 0 Å². The number of likely N-dealkylation sites (tertiary alicyclic amines) is 1. The summed E-state index contributed by atoms with van der Waals surface area (Å²) in [5.74, 6) is -1.65. The van der Waals surface area contributed by atoms with E-state index >= 15 is 0 Å². The molecule has 27 heavy (non-hydrogen) atoms. The number of nitrogens with zero attached hydrogens (tertiary/aromatic N) is 1. The third-order valence-electron chi connectivity index (χ3n) is 4.90. The Morgan fingerprint density at radius 1 is 1.22 bits per heavy atom. The van der Waals surface area contributed by atoms with Crippen LogP contribution in [0.3, 0.4) is 0 Å². The van der Waals surface area contributed by atoms with Gasteiger partial charge < -0.3 is 15.2 Å². The maximum Gasteiger partial charge on any atom is 0.255 e. The SMILES string of the molecule is O=C(CCC1CCCN(C(=O)c2cc[nH]c2)C1)NCc1ccc(F)c(F)c1. The number of amides is 2. The lowest BCUT2D eigenvalue weighted by Crippen LogP contribution is -2.40. The van der Waals surface area contributed by atoms with Gasteiger partial charge in [0, 0.05) is 38.4 Å². The number of H-pyrrole nitrogens is 1. The number of piperidine rings is 1. The van der Waals surface area contributed by atoms with Crippen LogP contribution in [0.5, 0.6) is 0 Å². The van der Waals surface area contributed by atoms with Gasteiger partial charge >= 0.3 is 0 Å². The predicted octanol–water partition coefficient (Wildman–Crippen LogP) is 3.24. The highest BCUT2D eigenvalue weighted by atomic mass is 19.2. The fraction of sp³-hybridized carbons (Fsp3) is 0.400. The molecule has 2 aromatic rings. The molecule has 1 aromatic carbocycles. The molecule has 0 aliphatic carbocycles.